The second kappa shape index (κ2) is 7.17. The van der Waals surface area contributed by atoms with Crippen molar-refractivity contribution in [3.8, 4) is 0 Å². The summed E-state index contributed by atoms with van der Waals surface area (Å²) in [4.78, 5) is 8.35. The quantitative estimate of drug-likeness (QED) is 0.602. The monoisotopic (exact) mass is 375 g/mol. The smallest absolute Gasteiger partial charge is 0.191 e. The zero-order chi connectivity index (χ0) is 16.1. The van der Waals surface area contributed by atoms with Gasteiger partial charge >= 0.3 is 0 Å². The van der Waals surface area contributed by atoms with E-state index in [2.05, 4.69) is 60.8 Å². The molecule has 1 heterocycles. The van der Waals surface area contributed by atoms with E-state index in [9.17, 15) is 0 Å². The molecule has 23 heavy (non-hydrogen) atoms. The molecular formula is C17H22BrN5. The Bertz CT molecular complexity index is 661. The Morgan fingerprint density at radius 1 is 1.39 bits per heavy atom. The van der Waals surface area contributed by atoms with E-state index < -0.39 is 0 Å². The van der Waals surface area contributed by atoms with Gasteiger partial charge in [-0.15, -0.1) is 0 Å². The van der Waals surface area contributed by atoms with E-state index in [4.69, 9.17) is 0 Å². The van der Waals surface area contributed by atoms with Gasteiger partial charge in [-0.25, -0.2) is 4.98 Å². The Balaban J connectivity index is 1.50. The lowest BCUT2D eigenvalue weighted by Gasteiger charge is -2.19. The molecule has 6 heteroatoms. The summed E-state index contributed by atoms with van der Waals surface area (Å²) in [5.74, 6) is 0.853. The van der Waals surface area contributed by atoms with Crippen LogP contribution in [-0.4, -0.2) is 35.6 Å². The highest BCUT2D eigenvalue weighted by atomic mass is 79.9. The van der Waals surface area contributed by atoms with E-state index in [-0.39, 0.29) is 5.41 Å². The predicted octanol–water partition coefficient (Wildman–Crippen LogP) is 2.54. The maximum atomic E-state index is 4.31. The van der Waals surface area contributed by atoms with Gasteiger partial charge in [0.05, 0.1) is 6.33 Å². The van der Waals surface area contributed by atoms with Crippen molar-refractivity contribution in [1.82, 2.24) is 20.2 Å². The minimum atomic E-state index is 0.256. The molecule has 1 saturated carbocycles. The van der Waals surface area contributed by atoms with Crippen LogP contribution in [-0.2, 0) is 12.0 Å². The number of aliphatic imine (C=N–C) groups is 1. The van der Waals surface area contributed by atoms with Gasteiger partial charge in [0, 0.05) is 49.0 Å². The number of hydrogen-bond donors (Lipinski definition) is 2. The molecule has 1 fully saturated rings. The fraction of sp³-hybridized carbons (Fsp3) is 0.412. The summed E-state index contributed by atoms with van der Waals surface area (Å²) >= 11 is 3.57. The second-order valence-corrected chi connectivity index (χ2v) is 6.86. The number of nitrogens with zero attached hydrogens (tertiary/aromatic N) is 3. The average molecular weight is 376 g/mol. The van der Waals surface area contributed by atoms with Crippen LogP contribution in [0.1, 0.15) is 18.4 Å². The standard InChI is InChI=1S/C17H22BrN5/c1-19-16(21-8-10-23-9-7-20-13-23)22-12-17(5-6-17)14-3-2-4-15(18)11-14/h2-4,7,9,11,13H,5-6,8,10,12H2,1H3,(H2,19,21,22). The molecule has 0 spiro atoms. The van der Waals surface area contributed by atoms with Crippen LogP contribution in [0.4, 0.5) is 0 Å². The fourth-order valence-corrected chi connectivity index (χ4v) is 3.13. The van der Waals surface area contributed by atoms with Crippen molar-refractivity contribution >= 4 is 21.9 Å². The largest absolute Gasteiger partial charge is 0.356 e. The summed E-state index contributed by atoms with van der Waals surface area (Å²) < 4.78 is 3.19. The van der Waals surface area contributed by atoms with Gasteiger partial charge in [-0.05, 0) is 30.5 Å². The molecule has 0 bridgehead atoms. The zero-order valence-electron chi connectivity index (χ0n) is 13.3. The Morgan fingerprint density at radius 3 is 2.91 bits per heavy atom. The minimum absolute atomic E-state index is 0.256. The second-order valence-electron chi connectivity index (χ2n) is 5.94. The van der Waals surface area contributed by atoms with Crippen LogP contribution in [0.15, 0.2) is 52.5 Å². The van der Waals surface area contributed by atoms with Gasteiger partial charge in [0.2, 0.25) is 0 Å². The number of guanidine groups is 1. The average Bonchev–Trinajstić information content (AvgIpc) is 3.18. The first kappa shape index (κ1) is 16.1. The summed E-state index contributed by atoms with van der Waals surface area (Å²) in [7, 11) is 1.81. The van der Waals surface area contributed by atoms with Crippen LogP contribution in [0.3, 0.4) is 0 Å². The third kappa shape index (κ3) is 4.13. The molecular weight excluding hydrogens is 354 g/mol. The van der Waals surface area contributed by atoms with Gasteiger partial charge in [0.1, 0.15) is 0 Å². The Hall–Kier alpha value is -1.82. The van der Waals surface area contributed by atoms with E-state index in [0.29, 0.717) is 0 Å². The SMILES string of the molecule is CN=C(NCCn1ccnc1)NCC1(c2cccc(Br)c2)CC1. The molecule has 0 unspecified atom stereocenters. The molecule has 3 rings (SSSR count). The normalized spacial score (nSPS) is 16.2. The molecule has 0 atom stereocenters. The van der Waals surface area contributed by atoms with Gasteiger partial charge < -0.3 is 15.2 Å². The number of halogens is 1. The third-order valence-corrected chi connectivity index (χ3v) is 4.82. The maximum Gasteiger partial charge on any atom is 0.191 e. The predicted molar refractivity (Wildman–Crippen MR) is 96.6 cm³/mol. The first-order chi connectivity index (χ1) is 11.2. The number of benzene rings is 1. The number of imidazole rings is 1. The van der Waals surface area contributed by atoms with Crippen molar-refractivity contribution in [2.24, 2.45) is 4.99 Å². The van der Waals surface area contributed by atoms with Gasteiger partial charge in [-0.1, -0.05) is 28.1 Å². The van der Waals surface area contributed by atoms with Crippen LogP contribution in [0.5, 0.6) is 0 Å². The third-order valence-electron chi connectivity index (χ3n) is 4.33. The van der Waals surface area contributed by atoms with Gasteiger partial charge in [-0.2, -0.15) is 0 Å². The summed E-state index contributed by atoms with van der Waals surface area (Å²) in [5, 5.41) is 6.82. The first-order valence-corrected chi connectivity index (χ1v) is 8.67. The van der Waals surface area contributed by atoms with Crippen molar-refractivity contribution in [1.29, 1.82) is 0 Å². The molecule has 1 aromatic heterocycles. The molecule has 0 aliphatic heterocycles. The highest BCUT2D eigenvalue weighted by Gasteiger charge is 2.44. The van der Waals surface area contributed by atoms with Crippen LogP contribution >= 0.6 is 15.9 Å². The molecule has 0 radical (unpaired) electrons. The lowest BCUT2D eigenvalue weighted by molar-refractivity contribution is 0.628. The van der Waals surface area contributed by atoms with Crippen molar-refractivity contribution in [3.05, 3.63) is 53.0 Å². The Labute approximate surface area is 145 Å². The van der Waals surface area contributed by atoms with Gasteiger partial charge in [0.15, 0.2) is 5.96 Å². The number of hydrogen-bond acceptors (Lipinski definition) is 2. The Morgan fingerprint density at radius 2 is 2.26 bits per heavy atom. The van der Waals surface area contributed by atoms with Crippen LogP contribution in [0, 0.1) is 0 Å². The van der Waals surface area contributed by atoms with Gasteiger partial charge in [0.25, 0.3) is 0 Å². The topological polar surface area (TPSA) is 54.2 Å². The fourth-order valence-electron chi connectivity index (χ4n) is 2.73. The molecule has 5 nitrogen and oxygen atoms in total. The van der Waals surface area contributed by atoms with Gasteiger partial charge in [-0.3, -0.25) is 4.99 Å². The van der Waals surface area contributed by atoms with E-state index in [0.717, 1.165) is 30.1 Å². The molecule has 0 amide bonds. The molecule has 1 aliphatic carbocycles. The Kier molecular flexibility index (Phi) is 5.00. The maximum absolute atomic E-state index is 4.31. The van der Waals surface area contributed by atoms with E-state index >= 15 is 0 Å². The van der Waals surface area contributed by atoms with Crippen molar-refractivity contribution < 1.29 is 0 Å². The number of aromatic nitrogens is 2. The zero-order valence-corrected chi connectivity index (χ0v) is 14.9. The molecule has 122 valence electrons. The van der Waals surface area contributed by atoms with Crippen LogP contribution in [0.25, 0.3) is 0 Å². The molecule has 0 saturated heterocycles. The highest BCUT2D eigenvalue weighted by Crippen LogP contribution is 2.48. The number of rotatable bonds is 6. The molecule has 1 aliphatic rings. The lowest BCUT2D eigenvalue weighted by Crippen LogP contribution is -2.42. The highest BCUT2D eigenvalue weighted by molar-refractivity contribution is 9.10. The van der Waals surface area contributed by atoms with Crippen molar-refractivity contribution in [2.75, 3.05) is 20.1 Å². The molecule has 2 aromatic rings. The molecule has 1 aromatic carbocycles. The number of nitrogens with one attached hydrogen (secondary N) is 2. The van der Waals surface area contributed by atoms with E-state index in [1.54, 1.807) is 6.20 Å². The van der Waals surface area contributed by atoms with Crippen molar-refractivity contribution in [2.45, 2.75) is 24.8 Å². The summed E-state index contributed by atoms with van der Waals surface area (Å²) in [6.07, 6.45) is 8.03. The summed E-state index contributed by atoms with van der Waals surface area (Å²) in [5.41, 5.74) is 1.65. The molecule has 2 N–H and O–H groups in total. The van der Waals surface area contributed by atoms with E-state index in [1.807, 2.05) is 24.1 Å². The lowest BCUT2D eigenvalue weighted by atomic mass is 9.96. The minimum Gasteiger partial charge on any atom is -0.356 e. The van der Waals surface area contributed by atoms with Crippen LogP contribution in [0.2, 0.25) is 0 Å². The van der Waals surface area contributed by atoms with Crippen molar-refractivity contribution in [3.63, 3.8) is 0 Å². The summed E-state index contributed by atoms with van der Waals surface area (Å²) in [6.45, 7) is 2.60. The van der Waals surface area contributed by atoms with Crippen LogP contribution < -0.4 is 10.6 Å². The van der Waals surface area contributed by atoms with E-state index in [1.165, 1.54) is 18.4 Å². The summed E-state index contributed by atoms with van der Waals surface area (Å²) in [6, 6.07) is 8.62. The first-order valence-electron chi connectivity index (χ1n) is 7.88.